The molecule has 0 aliphatic heterocycles. The maximum atomic E-state index is 12.7. The number of fused-ring (bicyclic) bond motifs is 3. The summed E-state index contributed by atoms with van der Waals surface area (Å²) in [5, 5.41) is 0.928. The lowest BCUT2D eigenvalue weighted by Crippen LogP contribution is -2.14. The van der Waals surface area contributed by atoms with Gasteiger partial charge in [0.05, 0.1) is 18.1 Å². The summed E-state index contributed by atoms with van der Waals surface area (Å²) in [5.41, 5.74) is 2.45. The molecule has 0 saturated carbocycles. The van der Waals surface area contributed by atoms with E-state index in [1.165, 1.54) is 26.2 Å². The van der Waals surface area contributed by atoms with Gasteiger partial charge in [0.2, 0.25) is 5.43 Å². The zero-order valence-electron chi connectivity index (χ0n) is 14.5. The molecule has 1 aromatic carbocycles. The zero-order chi connectivity index (χ0) is 18.3. The van der Waals surface area contributed by atoms with Gasteiger partial charge in [0, 0.05) is 31.2 Å². The Morgan fingerprint density at radius 1 is 1.08 bits per heavy atom. The molecule has 0 atom stereocenters. The quantitative estimate of drug-likeness (QED) is 0.318. The molecule has 0 aliphatic rings. The van der Waals surface area contributed by atoms with Crippen LogP contribution in [0.4, 0.5) is 0 Å². The first-order valence-electron chi connectivity index (χ1n) is 7.75. The highest BCUT2D eigenvalue weighted by atomic mass is 16.5. The normalized spacial score (nSPS) is 11.9. The molecule has 3 rings (SSSR count). The number of methoxy groups -OCH3 is 1. The van der Waals surface area contributed by atoms with E-state index < -0.39 is 11.8 Å². The summed E-state index contributed by atoms with van der Waals surface area (Å²) in [6.45, 7) is 1.29. The van der Waals surface area contributed by atoms with E-state index in [-0.39, 0.29) is 11.0 Å². The fraction of sp³-hybridized carbons (Fsp3) is 0.211. The Morgan fingerprint density at radius 2 is 1.76 bits per heavy atom. The first-order chi connectivity index (χ1) is 11.9. The number of aryl methyl sites for hydroxylation is 2. The first kappa shape index (κ1) is 16.7. The highest BCUT2D eigenvalue weighted by molar-refractivity contribution is 6.19. The van der Waals surface area contributed by atoms with E-state index in [0.717, 1.165) is 16.4 Å². The Bertz CT molecular complexity index is 1120. The van der Waals surface area contributed by atoms with Gasteiger partial charge in [-0.1, -0.05) is 18.2 Å². The molecule has 0 amide bonds. The van der Waals surface area contributed by atoms with Crippen LogP contribution >= 0.6 is 0 Å². The molecule has 0 aliphatic carbocycles. The van der Waals surface area contributed by atoms with Crippen molar-refractivity contribution in [3.05, 3.63) is 51.8 Å². The summed E-state index contributed by atoms with van der Waals surface area (Å²) in [6, 6.07) is 9.13. The van der Waals surface area contributed by atoms with Crippen molar-refractivity contribution in [2.45, 2.75) is 6.92 Å². The predicted molar refractivity (Wildman–Crippen MR) is 96.3 cm³/mol. The van der Waals surface area contributed by atoms with Gasteiger partial charge >= 0.3 is 5.97 Å². The maximum absolute atomic E-state index is 12.7. The van der Waals surface area contributed by atoms with Crippen molar-refractivity contribution in [2.24, 2.45) is 14.1 Å². The molecule has 2 aromatic heterocycles. The minimum atomic E-state index is -0.724. The number of para-hydroxylation sites is 1. The maximum Gasteiger partial charge on any atom is 0.341 e. The van der Waals surface area contributed by atoms with Crippen LogP contribution in [0.25, 0.3) is 28.0 Å². The molecule has 6 nitrogen and oxygen atoms in total. The highest BCUT2D eigenvalue weighted by Gasteiger charge is 2.18. The van der Waals surface area contributed by atoms with Gasteiger partial charge in [0.1, 0.15) is 11.1 Å². The number of ketones is 1. The second kappa shape index (κ2) is 6.05. The van der Waals surface area contributed by atoms with E-state index >= 15 is 0 Å². The minimum absolute atomic E-state index is 0.0999. The number of carbonyl (C=O) groups excluding carboxylic acids is 2. The summed E-state index contributed by atoms with van der Waals surface area (Å²) in [7, 11) is 4.86. The number of pyridine rings is 1. The van der Waals surface area contributed by atoms with E-state index in [2.05, 4.69) is 4.74 Å². The lowest BCUT2D eigenvalue weighted by atomic mass is 10.1. The van der Waals surface area contributed by atoms with Crippen molar-refractivity contribution in [3.63, 3.8) is 0 Å². The lowest BCUT2D eigenvalue weighted by molar-refractivity contribution is -0.137. The molecule has 0 radical (unpaired) electrons. The Hall–Kier alpha value is -3.15. The number of carbonyl (C=O) groups is 2. The van der Waals surface area contributed by atoms with Gasteiger partial charge in [0.25, 0.3) is 0 Å². The summed E-state index contributed by atoms with van der Waals surface area (Å²) < 4.78 is 8.32. The summed E-state index contributed by atoms with van der Waals surface area (Å²) in [4.78, 5) is 36.3. The van der Waals surface area contributed by atoms with Crippen LogP contribution in [-0.4, -0.2) is 28.0 Å². The molecule has 3 aromatic rings. The van der Waals surface area contributed by atoms with Crippen molar-refractivity contribution in [2.75, 3.05) is 7.11 Å². The SMILES string of the molecule is COC(=O)/C(=C\c1cc(=O)c2c(c3ccccc3n2C)n1C)C(C)=O. The first-order valence-corrected chi connectivity index (χ1v) is 7.75. The molecule has 0 saturated heterocycles. The molecule has 0 unspecified atom stereocenters. The number of aromatic nitrogens is 2. The number of esters is 1. The number of Topliss-reactive ketones (excluding diaryl/α,β-unsaturated/α-hetero) is 1. The number of rotatable bonds is 3. The lowest BCUT2D eigenvalue weighted by Gasteiger charge is -2.09. The average Bonchev–Trinajstić information content (AvgIpc) is 2.90. The standard InChI is InChI=1S/C19H18N2O4/c1-11(22)14(19(24)25-4)9-12-10-16(23)18-17(20(12)2)13-7-5-6-8-15(13)21(18)3/h5-10H,1-4H3/b14-9-. The number of ether oxygens (including phenoxy) is 1. The van der Waals surface area contributed by atoms with Crippen molar-refractivity contribution in [1.29, 1.82) is 0 Å². The Labute approximate surface area is 143 Å². The van der Waals surface area contributed by atoms with Gasteiger partial charge in [-0.3, -0.25) is 9.59 Å². The molecule has 0 bridgehead atoms. The average molecular weight is 338 g/mol. The second-order valence-electron chi connectivity index (χ2n) is 5.87. The van der Waals surface area contributed by atoms with E-state index in [0.29, 0.717) is 11.2 Å². The third-order valence-corrected chi connectivity index (χ3v) is 4.39. The predicted octanol–water partition coefficient (Wildman–Crippen LogP) is 2.18. The summed E-state index contributed by atoms with van der Waals surface area (Å²) in [5.74, 6) is -1.14. The van der Waals surface area contributed by atoms with Gasteiger partial charge in [-0.25, -0.2) is 4.79 Å². The smallest absolute Gasteiger partial charge is 0.341 e. The summed E-state index contributed by atoms with van der Waals surface area (Å²) >= 11 is 0. The van der Waals surface area contributed by atoms with E-state index in [1.807, 2.05) is 40.4 Å². The summed E-state index contributed by atoms with van der Waals surface area (Å²) in [6.07, 6.45) is 1.40. The Balaban J connectivity index is 2.41. The van der Waals surface area contributed by atoms with Crippen molar-refractivity contribution < 1.29 is 14.3 Å². The number of hydrogen-bond donors (Lipinski definition) is 0. The van der Waals surface area contributed by atoms with Gasteiger partial charge in [-0.15, -0.1) is 0 Å². The molecule has 0 spiro atoms. The van der Waals surface area contributed by atoms with E-state index in [1.54, 1.807) is 7.05 Å². The number of nitrogens with zero attached hydrogens (tertiary/aromatic N) is 2. The van der Waals surface area contributed by atoms with Crippen LogP contribution in [0.1, 0.15) is 12.6 Å². The molecule has 25 heavy (non-hydrogen) atoms. The van der Waals surface area contributed by atoms with Crippen LogP contribution in [-0.2, 0) is 28.4 Å². The topological polar surface area (TPSA) is 70.3 Å². The van der Waals surface area contributed by atoms with Gasteiger partial charge in [-0.05, 0) is 19.1 Å². The van der Waals surface area contributed by atoms with Crippen LogP contribution in [0, 0.1) is 0 Å². The van der Waals surface area contributed by atoms with Gasteiger partial charge in [0.15, 0.2) is 5.78 Å². The molecule has 2 heterocycles. The van der Waals surface area contributed by atoms with Crippen LogP contribution in [0.5, 0.6) is 0 Å². The molecule has 6 heteroatoms. The minimum Gasteiger partial charge on any atom is -0.465 e. The molecule has 128 valence electrons. The molecule has 0 fully saturated rings. The highest BCUT2D eigenvalue weighted by Crippen LogP contribution is 2.26. The van der Waals surface area contributed by atoms with Crippen LogP contribution in [0.2, 0.25) is 0 Å². The second-order valence-corrected chi connectivity index (χ2v) is 5.87. The van der Waals surface area contributed by atoms with Crippen molar-refractivity contribution in [3.8, 4) is 0 Å². The monoisotopic (exact) mass is 338 g/mol. The van der Waals surface area contributed by atoms with Gasteiger partial charge in [-0.2, -0.15) is 0 Å². The number of benzene rings is 1. The van der Waals surface area contributed by atoms with Crippen LogP contribution in [0.15, 0.2) is 40.7 Å². The van der Waals surface area contributed by atoms with Crippen molar-refractivity contribution in [1.82, 2.24) is 9.13 Å². The van der Waals surface area contributed by atoms with Crippen LogP contribution < -0.4 is 5.43 Å². The third-order valence-electron chi connectivity index (χ3n) is 4.39. The Morgan fingerprint density at radius 3 is 2.40 bits per heavy atom. The van der Waals surface area contributed by atoms with Crippen LogP contribution in [0.3, 0.4) is 0 Å². The van der Waals surface area contributed by atoms with Gasteiger partial charge < -0.3 is 13.9 Å². The Kier molecular flexibility index (Phi) is 4.04. The largest absolute Gasteiger partial charge is 0.465 e. The number of hydrogen-bond acceptors (Lipinski definition) is 4. The van der Waals surface area contributed by atoms with E-state index in [4.69, 9.17) is 0 Å². The third kappa shape index (κ3) is 2.55. The van der Waals surface area contributed by atoms with Crippen molar-refractivity contribution >= 4 is 39.8 Å². The molecular formula is C19H18N2O4. The molecular weight excluding hydrogens is 320 g/mol. The zero-order valence-corrected chi connectivity index (χ0v) is 14.5. The van der Waals surface area contributed by atoms with E-state index in [9.17, 15) is 14.4 Å². The molecule has 0 N–H and O–H groups in total. The fourth-order valence-electron chi connectivity index (χ4n) is 3.12. The fourth-order valence-corrected chi connectivity index (χ4v) is 3.12.